The van der Waals surface area contributed by atoms with E-state index in [4.69, 9.17) is 4.74 Å². The van der Waals surface area contributed by atoms with Crippen LogP contribution in [-0.2, 0) is 24.9 Å². The van der Waals surface area contributed by atoms with Gasteiger partial charge in [-0.15, -0.1) is 0 Å². The molecule has 0 saturated carbocycles. The SMILES string of the molecule is CN=C(NCCCN(Cc1cccnc1)C(=O)OC(C)(C)C)NCc1ncnn1C. The first-order valence-corrected chi connectivity index (χ1v) is 9.92. The lowest BCUT2D eigenvalue weighted by atomic mass is 10.2. The van der Waals surface area contributed by atoms with Crippen LogP contribution in [-0.4, -0.2) is 62.4 Å². The minimum Gasteiger partial charge on any atom is -0.444 e. The first-order chi connectivity index (χ1) is 14.3. The maximum atomic E-state index is 12.6. The quantitative estimate of drug-likeness (QED) is 0.383. The molecule has 0 fully saturated rings. The highest BCUT2D eigenvalue weighted by Crippen LogP contribution is 2.12. The van der Waals surface area contributed by atoms with Gasteiger partial charge in [0.25, 0.3) is 0 Å². The maximum Gasteiger partial charge on any atom is 0.410 e. The van der Waals surface area contributed by atoms with E-state index in [-0.39, 0.29) is 6.09 Å². The molecule has 164 valence electrons. The van der Waals surface area contributed by atoms with Crippen molar-refractivity contribution in [2.45, 2.75) is 45.9 Å². The fourth-order valence-electron chi connectivity index (χ4n) is 2.61. The first kappa shape index (κ1) is 23.1. The van der Waals surface area contributed by atoms with Crippen molar-refractivity contribution in [2.75, 3.05) is 20.1 Å². The maximum absolute atomic E-state index is 12.6. The highest BCUT2D eigenvalue weighted by molar-refractivity contribution is 5.79. The molecule has 2 heterocycles. The lowest BCUT2D eigenvalue weighted by Gasteiger charge is -2.27. The summed E-state index contributed by atoms with van der Waals surface area (Å²) >= 11 is 0. The molecule has 0 unspecified atom stereocenters. The molecule has 0 radical (unpaired) electrons. The van der Waals surface area contributed by atoms with Gasteiger partial charge in [-0.25, -0.2) is 9.78 Å². The lowest BCUT2D eigenvalue weighted by Crippen LogP contribution is -2.40. The number of nitrogens with zero attached hydrogens (tertiary/aromatic N) is 6. The van der Waals surface area contributed by atoms with Crippen LogP contribution >= 0.6 is 0 Å². The predicted octanol–water partition coefficient (Wildman–Crippen LogP) is 1.70. The number of hydrogen-bond acceptors (Lipinski definition) is 6. The smallest absolute Gasteiger partial charge is 0.410 e. The van der Waals surface area contributed by atoms with E-state index in [9.17, 15) is 4.79 Å². The van der Waals surface area contributed by atoms with Crippen molar-refractivity contribution < 1.29 is 9.53 Å². The van der Waals surface area contributed by atoms with Gasteiger partial charge in [-0.1, -0.05) is 6.07 Å². The Morgan fingerprint density at radius 3 is 2.73 bits per heavy atom. The zero-order chi connectivity index (χ0) is 22.0. The van der Waals surface area contributed by atoms with Gasteiger partial charge < -0.3 is 20.3 Å². The molecule has 0 spiro atoms. The molecule has 0 aromatic carbocycles. The number of aromatic nitrogens is 4. The monoisotopic (exact) mass is 416 g/mol. The third kappa shape index (κ3) is 8.06. The molecule has 2 rings (SSSR count). The molecule has 0 aliphatic rings. The molecule has 0 aliphatic carbocycles. The van der Waals surface area contributed by atoms with Crippen LogP contribution in [0.25, 0.3) is 0 Å². The van der Waals surface area contributed by atoms with Gasteiger partial charge in [0, 0.05) is 39.6 Å². The van der Waals surface area contributed by atoms with Gasteiger partial charge in [-0.2, -0.15) is 5.10 Å². The third-order valence-electron chi connectivity index (χ3n) is 4.09. The number of amides is 1. The summed E-state index contributed by atoms with van der Waals surface area (Å²) in [6, 6.07) is 3.80. The summed E-state index contributed by atoms with van der Waals surface area (Å²) in [5.74, 6) is 1.47. The predicted molar refractivity (Wildman–Crippen MR) is 115 cm³/mol. The summed E-state index contributed by atoms with van der Waals surface area (Å²) in [5, 5.41) is 10.5. The average molecular weight is 417 g/mol. The van der Waals surface area contributed by atoms with Gasteiger partial charge >= 0.3 is 6.09 Å². The van der Waals surface area contributed by atoms with Gasteiger partial charge in [0.2, 0.25) is 0 Å². The number of hydrogen-bond donors (Lipinski definition) is 2. The fourth-order valence-corrected chi connectivity index (χ4v) is 2.61. The second kappa shape index (κ2) is 11.1. The van der Waals surface area contributed by atoms with Crippen molar-refractivity contribution in [1.29, 1.82) is 0 Å². The van der Waals surface area contributed by atoms with E-state index in [0.717, 1.165) is 17.8 Å². The first-order valence-electron chi connectivity index (χ1n) is 9.92. The van der Waals surface area contributed by atoms with Crippen LogP contribution < -0.4 is 10.6 Å². The van der Waals surface area contributed by atoms with E-state index in [1.54, 1.807) is 29.0 Å². The molecule has 2 aromatic rings. The van der Waals surface area contributed by atoms with E-state index >= 15 is 0 Å². The molecule has 10 nitrogen and oxygen atoms in total. The van der Waals surface area contributed by atoms with Crippen LogP contribution in [0.3, 0.4) is 0 Å². The Morgan fingerprint density at radius 2 is 2.13 bits per heavy atom. The number of rotatable bonds is 8. The Balaban J connectivity index is 1.84. The second-order valence-electron chi connectivity index (χ2n) is 7.77. The molecule has 2 aromatic heterocycles. The summed E-state index contributed by atoms with van der Waals surface area (Å²) < 4.78 is 7.26. The zero-order valence-corrected chi connectivity index (χ0v) is 18.4. The molecule has 0 atom stereocenters. The van der Waals surface area contributed by atoms with Crippen molar-refractivity contribution in [3.63, 3.8) is 0 Å². The zero-order valence-electron chi connectivity index (χ0n) is 18.4. The number of nitrogens with one attached hydrogen (secondary N) is 2. The molecule has 0 aliphatic heterocycles. The fraction of sp³-hybridized carbons (Fsp3) is 0.550. The molecule has 30 heavy (non-hydrogen) atoms. The number of carbonyl (C=O) groups excluding carboxylic acids is 1. The van der Waals surface area contributed by atoms with E-state index < -0.39 is 5.60 Å². The van der Waals surface area contributed by atoms with Gasteiger partial charge in [0.05, 0.1) is 13.1 Å². The lowest BCUT2D eigenvalue weighted by molar-refractivity contribution is 0.0232. The van der Waals surface area contributed by atoms with E-state index in [2.05, 4.69) is 30.7 Å². The Kier molecular flexibility index (Phi) is 8.57. The van der Waals surface area contributed by atoms with Crippen LogP contribution in [0.4, 0.5) is 4.79 Å². The van der Waals surface area contributed by atoms with Crippen molar-refractivity contribution in [1.82, 2.24) is 35.3 Å². The van der Waals surface area contributed by atoms with Gasteiger partial charge in [0.1, 0.15) is 17.8 Å². The molecular formula is C20H32N8O2. The van der Waals surface area contributed by atoms with Crippen LogP contribution in [0.5, 0.6) is 0 Å². The average Bonchev–Trinajstić information content (AvgIpc) is 3.10. The Morgan fingerprint density at radius 1 is 1.33 bits per heavy atom. The Bertz CT molecular complexity index is 814. The highest BCUT2D eigenvalue weighted by Gasteiger charge is 2.22. The van der Waals surface area contributed by atoms with Crippen molar-refractivity contribution >= 4 is 12.1 Å². The molecular weight excluding hydrogens is 384 g/mol. The number of guanidine groups is 1. The van der Waals surface area contributed by atoms with Crippen LogP contribution in [0.2, 0.25) is 0 Å². The topological polar surface area (TPSA) is 110 Å². The normalized spacial score (nSPS) is 11.8. The van der Waals surface area contributed by atoms with Crippen molar-refractivity contribution in [3.8, 4) is 0 Å². The van der Waals surface area contributed by atoms with Gasteiger partial charge in [-0.05, 0) is 38.8 Å². The van der Waals surface area contributed by atoms with Crippen LogP contribution in [0, 0.1) is 0 Å². The minimum atomic E-state index is -0.547. The standard InChI is InChI=1S/C20H32N8O2/c1-20(2,3)30-19(29)28(14-16-8-6-9-22-12-16)11-7-10-23-18(21-4)24-13-17-25-15-26-27(17)5/h6,8-9,12,15H,7,10-11,13-14H2,1-5H3,(H2,21,23,24). The molecule has 1 amide bonds. The van der Waals surface area contributed by atoms with Crippen LogP contribution in [0.15, 0.2) is 35.8 Å². The third-order valence-corrected chi connectivity index (χ3v) is 4.09. The molecule has 0 saturated heterocycles. The van der Waals surface area contributed by atoms with Gasteiger partial charge in [-0.3, -0.25) is 14.7 Å². The van der Waals surface area contributed by atoms with Crippen molar-refractivity contribution in [2.24, 2.45) is 12.0 Å². The van der Waals surface area contributed by atoms with Crippen molar-refractivity contribution in [3.05, 3.63) is 42.2 Å². The summed E-state index contributed by atoms with van der Waals surface area (Å²) in [6.45, 7) is 7.73. The Labute approximate surface area is 177 Å². The summed E-state index contributed by atoms with van der Waals surface area (Å²) in [7, 11) is 3.55. The number of aliphatic imine (C=N–C) groups is 1. The number of carbonyl (C=O) groups is 1. The molecule has 10 heteroatoms. The van der Waals surface area contributed by atoms with E-state index in [1.165, 1.54) is 6.33 Å². The number of ether oxygens (including phenoxy) is 1. The highest BCUT2D eigenvalue weighted by atomic mass is 16.6. The number of pyridine rings is 1. The number of aryl methyl sites for hydroxylation is 1. The minimum absolute atomic E-state index is 0.337. The van der Waals surface area contributed by atoms with Gasteiger partial charge in [0.15, 0.2) is 5.96 Å². The van der Waals surface area contributed by atoms with E-state index in [1.807, 2.05) is 40.0 Å². The van der Waals surface area contributed by atoms with E-state index in [0.29, 0.717) is 32.1 Å². The summed E-state index contributed by atoms with van der Waals surface area (Å²) in [5.41, 5.74) is 0.409. The summed E-state index contributed by atoms with van der Waals surface area (Å²) in [6.07, 6.45) is 5.38. The second-order valence-corrected chi connectivity index (χ2v) is 7.77. The van der Waals surface area contributed by atoms with Crippen LogP contribution in [0.1, 0.15) is 38.6 Å². The molecule has 2 N–H and O–H groups in total. The Hall–Kier alpha value is -3.17. The summed E-state index contributed by atoms with van der Waals surface area (Å²) in [4.78, 5) is 26.8. The largest absolute Gasteiger partial charge is 0.444 e. The molecule has 0 bridgehead atoms.